The van der Waals surface area contributed by atoms with Crippen LogP contribution in [0.1, 0.15) is 20.8 Å². The minimum atomic E-state index is -2.04. The molecule has 1 atom stereocenters. The average molecular weight is 196 g/mol. The molecule has 0 heterocycles. The van der Waals surface area contributed by atoms with E-state index in [0.29, 0.717) is 13.2 Å². The monoisotopic (exact) mass is 196 g/mol. The van der Waals surface area contributed by atoms with Gasteiger partial charge in [-0.3, -0.25) is 9.09 Å². The van der Waals surface area contributed by atoms with Crippen molar-refractivity contribution in [2.45, 2.75) is 26.7 Å². The van der Waals surface area contributed by atoms with Crippen LogP contribution in [0.4, 0.5) is 0 Å². The molecule has 0 amide bonds. The van der Waals surface area contributed by atoms with E-state index in [0.717, 1.165) is 0 Å². The second-order valence-corrected chi connectivity index (χ2v) is 3.51. The zero-order valence-electron chi connectivity index (χ0n) is 8.05. The molecule has 0 aliphatic rings. The van der Waals surface area contributed by atoms with E-state index in [1.54, 1.807) is 6.92 Å². The maximum absolute atomic E-state index is 10.8. The fourth-order valence-corrected chi connectivity index (χ4v) is 1.53. The number of rotatable bonds is 6. The van der Waals surface area contributed by atoms with Crippen molar-refractivity contribution >= 4 is 8.03 Å². The predicted molar refractivity (Wildman–Crippen MR) is 47.7 cm³/mol. The third-order valence-electron chi connectivity index (χ3n) is 1.14. The SMILES string of the molecule is CCOC(C)(OCC)O[PH](C)=O. The Kier molecular flexibility index (Phi) is 5.76. The molecule has 0 aliphatic heterocycles. The Morgan fingerprint density at radius 1 is 1.25 bits per heavy atom. The van der Waals surface area contributed by atoms with E-state index in [1.807, 2.05) is 13.8 Å². The molecule has 0 saturated carbocycles. The van der Waals surface area contributed by atoms with Crippen molar-refractivity contribution < 1.29 is 18.6 Å². The first-order valence-electron chi connectivity index (χ1n) is 4.01. The van der Waals surface area contributed by atoms with Gasteiger partial charge >= 0.3 is 0 Å². The second-order valence-electron chi connectivity index (χ2n) is 2.32. The molecule has 0 bridgehead atoms. The Labute approximate surface area is 74.1 Å². The molecule has 4 nitrogen and oxygen atoms in total. The average Bonchev–Trinajstić information content (AvgIpc) is 1.85. The fraction of sp³-hybridized carbons (Fsp3) is 1.00. The maximum atomic E-state index is 10.8. The van der Waals surface area contributed by atoms with E-state index >= 15 is 0 Å². The van der Waals surface area contributed by atoms with Crippen LogP contribution in [0.2, 0.25) is 0 Å². The van der Waals surface area contributed by atoms with E-state index in [-0.39, 0.29) is 0 Å². The molecule has 0 aliphatic carbocycles. The van der Waals surface area contributed by atoms with Crippen LogP contribution in [0.3, 0.4) is 0 Å². The molecular weight excluding hydrogens is 179 g/mol. The van der Waals surface area contributed by atoms with Crippen molar-refractivity contribution in [3.63, 3.8) is 0 Å². The smallest absolute Gasteiger partial charge is 0.285 e. The molecule has 0 aromatic rings. The summed E-state index contributed by atoms with van der Waals surface area (Å²) in [6, 6.07) is 0. The Morgan fingerprint density at radius 2 is 1.67 bits per heavy atom. The van der Waals surface area contributed by atoms with Gasteiger partial charge in [0.15, 0.2) is 8.03 Å². The summed E-state index contributed by atoms with van der Waals surface area (Å²) in [5.41, 5.74) is 0. The van der Waals surface area contributed by atoms with Crippen LogP contribution >= 0.6 is 8.03 Å². The van der Waals surface area contributed by atoms with Crippen LogP contribution in [0.15, 0.2) is 0 Å². The molecule has 0 spiro atoms. The summed E-state index contributed by atoms with van der Waals surface area (Å²) < 4.78 is 26.2. The van der Waals surface area contributed by atoms with E-state index in [2.05, 4.69) is 0 Å². The Bertz CT molecular complexity index is 142. The molecule has 74 valence electrons. The lowest BCUT2D eigenvalue weighted by atomic mass is 10.6. The number of hydrogen-bond donors (Lipinski definition) is 0. The quantitative estimate of drug-likeness (QED) is 0.480. The fourth-order valence-electron chi connectivity index (χ4n) is 0.886. The van der Waals surface area contributed by atoms with Gasteiger partial charge in [0.1, 0.15) is 0 Å². The van der Waals surface area contributed by atoms with Gasteiger partial charge in [-0.05, 0) is 13.8 Å². The van der Waals surface area contributed by atoms with Crippen molar-refractivity contribution in [2.24, 2.45) is 0 Å². The first kappa shape index (κ1) is 12.1. The molecule has 0 rings (SSSR count). The van der Waals surface area contributed by atoms with Crippen molar-refractivity contribution in [3.8, 4) is 0 Å². The zero-order valence-corrected chi connectivity index (χ0v) is 9.05. The van der Waals surface area contributed by atoms with Crippen LogP contribution in [-0.4, -0.2) is 25.9 Å². The Hall–Kier alpha value is 0.110. The summed E-state index contributed by atoms with van der Waals surface area (Å²) in [7, 11) is -2.04. The molecule has 0 aromatic heterocycles. The molecule has 5 heteroatoms. The highest BCUT2D eigenvalue weighted by Gasteiger charge is 2.27. The summed E-state index contributed by atoms with van der Waals surface area (Å²) in [6.07, 6.45) is 0. The van der Waals surface area contributed by atoms with Gasteiger partial charge in [0.25, 0.3) is 5.97 Å². The molecular formula is C7H17O4P. The molecule has 0 aromatic carbocycles. The van der Waals surface area contributed by atoms with Crippen molar-refractivity contribution in [3.05, 3.63) is 0 Å². The van der Waals surface area contributed by atoms with E-state index in [4.69, 9.17) is 14.0 Å². The number of hydrogen-bond acceptors (Lipinski definition) is 4. The molecule has 1 unspecified atom stereocenters. The second kappa shape index (κ2) is 5.70. The van der Waals surface area contributed by atoms with Crippen LogP contribution in [0.5, 0.6) is 0 Å². The molecule has 0 N–H and O–H groups in total. The molecule has 0 radical (unpaired) electrons. The number of ether oxygens (including phenoxy) is 2. The van der Waals surface area contributed by atoms with Crippen molar-refractivity contribution in [1.29, 1.82) is 0 Å². The summed E-state index contributed by atoms with van der Waals surface area (Å²) >= 11 is 0. The maximum Gasteiger partial charge on any atom is 0.285 e. The highest BCUT2D eigenvalue weighted by atomic mass is 31.1. The normalized spacial score (nSPS) is 14.7. The van der Waals surface area contributed by atoms with Crippen LogP contribution in [0, 0.1) is 0 Å². The minimum Gasteiger partial charge on any atom is -0.328 e. The lowest BCUT2D eigenvalue weighted by Gasteiger charge is -2.27. The summed E-state index contributed by atoms with van der Waals surface area (Å²) in [6.45, 7) is 7.70. The summed E-state index contributed by atoms with van der Waals surface area (Å²) in [5, 5.41) is 0. The zero-order chi connectivity index (χ0) is 9.61. The van der Waals surface area contributed by atoms with Crippen LogP contribution in [0.25, 0.3) is 0 Å². The standard InChI is InChI=1S/C7H17O4P/c1-5-9-7(3,10-6-2)11-12(4)8/h12H,5-6H2,1-4H3. The van der Waals surface area contributed by atoms with E-state index < -0.39 is 14.0 Å². The topological polar surface area (TPSA) is 44.8 Å². The largest absolute Gasteiger partial charge is 0.328 e. The molecule has 0 saturated heterocycles. The van der Waals surface area contributed by atoms with Gasteiger partial charge in [0.05, 0.1) is 0 Å². The third kappa shape index (κ3) is 4.88. The summed E-state index contributed by atoms with van der Waals surface area (Å²) in [5.74, 6) is -1.14. The van der Waals surface area contributed by atoms with Crippen molar-refractivity contribution in [2.75, 3.05) is 19.9 Å². The van der Waals surface area contributed by atoms with Gasteiger partial charge in [-0.15, -0.1) is 0 Å². The highest BCUT2D eigenvalue weighted by Crippen LogP contribution is 2.28. The van der Waals surface area contributed by atoms with Gasteiger partial charge in [0, 0.05) is 26.8 Å². The first-order valence-corrected chi connectivity index (χ1v) is 5.83. The predicted octanol–water partition coefficient (Wildman–Crippen LogP) is 1.85. The van der Waals surface area contributed by atoms with Gasteiger partial charge in [-0.1, -0.05) is 0 Å². The minimum absolute atomic E-state index is 0.464. The first-order chi connectivity index (χ1) is 5.54. The Balaban J connectivity index is 4.07. The molecule has 0 fully saturated rings. The van der Waals surface area contributed by atoms with Crippen LogP contribution in [-0.2, 0) is 18.6 Å². The summed E-state index contributed by atoms with van der Waals surface area (Å²) in [4.78, 5) is 0. The van der Waals surface area contributed by atoms with E-state index in [9.17, 15) is 4.57 Å². The van der Waals surface area contributed by atoms with Gasteiger partial charge < -0.3 is 9.47 Å². The van der Waals surface area contributed by atoms with Gasteiger partial charge in [-0.25, -0.2) is 0 Å². The van der Waals surface area contributed by atoms with Crippen molar-refractivity contribution in [1.82, 2.24) is 0 Å². The van der Waals surface area contributed by atoms with Crippen LogP contribution < -0.4 is 0 Å². The lowest BCUT2D eigenvalue weighted by Crippen LogP contribution is -2.33. The van der Waals surface area contributed by atoms with Gasteiger partial charge in [-0.2, -0.15) is 0 Å². The lowest BCUT2D eigenvalue weighted by molar-refractivity contribution is -0.327. The molecule has 12 heavy (non-hydrogen) atoms. The highest BCUT2D eigenvalue weighted by molar-refractivity contribution is 7.38. The Morgan fingerprint density at radius 3 is 1.92 bits per heavy atom. The van der Waals surface area contributed by atoms with E-state index in [1.165, 1.54) is 6.66 Å². The third-order valence-corrected chi connectivity index (χ3v) is 1.80. The van der Waals surface area contributed by atoms with Gasteiger partial charge in [0.2, 0.25) is 0 Å².